The number of hydrogen-bond donors (Lipinski definition) is 2. The molecule has 5 unspecified atom stereocenters. The molecule has 2 saturated carbocycles. The fourth-order valence-electron chi connectivity index (χ4n) is 4.40. The maximum absolute atomic E-state index is 12.1. The molecule has 132 valence electrons. The summed E-state index contributed by atoms with van der Waals surface area (Å²) >= 11 is 0. The summed E-state index contributed by atoms with van der Waals surface area (Å²) in [6, 6.07) is 0.873. The first kappa shape index (κ1) is 17.0. The van der Waals surface area contributed by atoms with Gasteiger partial charge >= 0.3 is 6.09 Å². The number of ether oxygens (including phenoxy) is 2. The van der Waals surface area contributed by atoms with Gasteiger partial charge in [-0.25, -0.2) is 4.79 Å². The molecule has 1 aliphatic heterocycles. The summed E-state index contributed by atoms with van der Waals surface area (Å²) in [6.45, 7) is 11.2. The molecule has 0 radical (unpaired) electrons. The van der Waals surface area contributed by atoms with Gasteiger partial charge in [-0.05, 0) is 51.9 Å². The lowest BCUT2D eigenvalue weighted by molar-refractivity contribution is -0.0377. The first-order valence-electron chi connectivity index (χ1n) is 9.02. The van der Waals surface area contributed by atoms with Crippen LogP contribution in [0.15, 0.2) is 0 Å². The predicted molar refractivity (Wildman–Crippen MR) is 89.3 cm³/mol. The van der Waals surface area contributed by atoms with Gasteiger partial charge < -0.3 is 20.1 Å². The monoisotopic (exact) mass is 324 g/mol. The number of hydrogen-bond acceptors (Lipinski definition) is 4. The Bertz CT molecular complexity index is 458. The molecule has 0 aromatic rings. The van der Waals surface area contributed by atoms with Crippen molar-refractivity contribution in [3.63, 3.8) is 0 Å². The Kier molecular flexibility index (Phi) is 4.38. The predicted octanol–water partition coefficient (Wildman–Crippen LogP) is 2.84. The van der Waals surface area contributed by atoms with Crippen LogP contribution in [-0.4, -0.2) is 42.5 Å². The second-order valence-corrected chi connectivity index (χ2v) is 9.26. The van der Waals surface area contributed by atoms with Crippen LogP contribution < -0.4 is 10.6 Å². The van der Waals surface area contributed by atoms with Gasteiger partial charge in [-0.2, -0.15) is 0 Å². The number of carbonyl (C=O) groups is 1. The Hall–Kier alpha value is -0.810. The highest BCUT2D eigenvalue weighted by atomic mass is 16.6. The van der Waals surface area contributed by atoms with Gasteiger partial charge in [-0.1, -0.05) is 13.8 Å². The molecule has 0 aromatic carbocycles. The summed E-state index contributed by atoms with van der Waals surface area (Å²) in [5.41, 5.74) is -0.0384. The van der Waals surface area contributed by atoms with Crippen molar-refractivity contribution < 1.29 is 14.3 Å². The molecule has 1 saturated heterocycles. The van der Waals surface area contributed by atoms with Crippen LogP contribution in [0, 0.1) is 11.3 Å². The zero-order valence-corrected chi connectivity index (χ0v) is 15.1. The van der Waals surface area contributed by atoms with Crippen molar-refractivity contribution in [3.05, 3.63) is 0 Å². The van der Waals surface area contributed by atoms with Gasteiger partial charge in [-0.15, -0.1) is 0 Å². The maximum atomic E-state index is 12.1. The van der Waals surface area contributed by atoms with Crippen LogP contribution in [0.3, 0.4) is 0 Å². The molecule has 0 spiro atoms. The minimum Gasteiger partial charge on any atom is -0.444 e. The van der Waals surface area contributed by atoms with Crippen molar-refractivity contribution in [2.75, 3.05) is 6.61 Å². The van der Waals surface area contributed by atoms with Crippen molar-refractivity contribution in [1.29, 1.82) is 0 Å². The molecule has 3 aliphatic rings. The molecular formula is C18H32N2O3. The zero-order valence-electron chi connectivity index (χ0n) is 15.1. The Balaban J connectivity index is 1.58. The Morgan fingerprint density at radius 1 is 1.22 bits per heavy atom. The third-order valence-corrected chi connectivity index (χ3v) is 5.47. The summed E-state index contributed by atoms with van der Waals surface area (Å²) in [4.78, 5) is 12.1. The van der Waals surface area contributed by atoms with E-state index in [1.165, 1.54) is 19.3 Å². The van der Waals surface area contributed by atoms with Gasteiger partial charge in [0.05, 0.1) is 18.2 Å². The molecule has 2 N–H and O–H groups in total. The van der Waals surface area contributed by atoms with E-state index in [4.69, 9.17) is 9.47 Å². The Morgan fingerprint density at radius 2 is 1.96 bits per heavy atom. The number of amides is 1. The molecule has 5 nitrogen and oxygen atoms in total. The maximum Gasteiger partial charge on any atom is 0.407 e. The lowest BCUT2D eigenvalue weighted by atomic mass is 9.71. The lowest BCUT2D eigenvalue weighted by Gasteiger charge is -2.49. The molecule has 3 rings (SSSR count). The molecule has 5 heteroatoms. The molecule has 1 amide bonds. The molecule has 0 aromatic heterocycles. The largest absolute Gasteiger partial charge is 0.444 e. The van der Waals surface area contributed by atoms with Crippen molar-refractivity contribution in [2.45, 2.75) is 90.1 Å². The second-order valence-electron chi connectivity index (χ2n) is 9.26. The van der Waals surface area contributed by atoms with Crippen molar-refractivity contribution in [1.82, 2.24) is 10.6 Å². The smallest absolute Gasteiger partial charge is 0.407 e. The van der Waals surface area contributed by atoms with E-state index in [-0.39, 0.29) is 24.3 Å². The zero-order chi connectivity index (χ0) is 16.8. The fourth-order valence-corrected chi connectivity index (χ4v) is 4.40. The highest BCUT2D eigenvalue weighted by molar-refractivity contribution is 5.68. The van der Waals surface area contributed by atoms with Crippen molar-refractivity contribution in [3.8, 4) is 0 Å². The van der Waals surface area contributed by atoms with E-state index < -0.39 is 5.60 Å². The first-order chi connectivity index (χ1) is 10.6. The van der Waals surface area contributed by atoms with Crippen LogP contribution in [-0.2, 0) is 9.47 Å². The third kappa shape index (κ3) is 3.82. The number of nitrogens with one attached hydrogen (secondary N) is 2. The second kappa shape index (κ2) is 5.92. The summed E-state index contributed by atoms with van der Waals surface area (Å²) in [7, 11) is 0. The lowest BCUT2D eigenvalue weighted by Crippen LogP contribution is -2.71. The van der Waals surface area contributed by atoms with Gasteiger partial charge in [0.15, 0.2) is 0 Å². The molecule has 3 fully saturated rings. The topological polar surface area (TPSA) is 59.6 Å². The van der Waals surface area contributed by atoms with E-state index in [1.807, 2.05) is 20.8 Å². The van der Waals surface area contributed by atoms with E-state index in [0.717, 1.165) is 13.0 Å². The molecular weight excluding hydrogens is 292 g/mol. The standard InChI is InChI=1S/C18H32N2O3/c1-17(2,3)23-16(21)20-13-12-7-9-22-15(12)14(13)19-11-6-8-18(4,5)10-11/h11-15,19H,6-10H2,1-5H3,(H,20,21). The van der Waals surface area contributed by atoms with E-state index in [2.05, 4.69) is 24.5 Å². The highest BCUT2D eigenvalue weighted by Gasteiger charge is 2.55. The van der Waals surface area contributed by atoms with Crippen LogP contribution in [0.1, 0.15) is 60.3 Å². The fraction of sp³-hybridized carbons (Fsp3) is 0.944. The van der Waals surface area contributed by atoms with Crippen LogP contribution in [0.5, 0.6) is 0 Å². The van der Waals surface area contributed by atoms with E-state index >= 15 is 0 Å². The van der Waals surface area contributed by atoms with Crippen molar-refractivity contribution in [2.24, 2.45) is 11.3 Å². The first-order valence-corrected chi connectivity index (χ1v) is 9.02. The average molecular weight is 324 g/mol. The number of alkyl carbamates (subject to hydrolysis) is 1. The molecule has 0 bridgehead atoms. The van der Waals surface area contributed by atoms with Gasteiger partial charge in [0.2, 0.25) is 0 Å². The molecule has 1 heterocycles. The van der Waals surface area contributed by atoms with Gasteiger partial charge in [0, 0.05) is 18.6 Å². The summed E-state index contributed by atoms with van der Waals surface area (Å²) in [5, 5.41) is 6.85. The highest BCUT2D eigenvalue weighted by Crippen LogP contribution is 2.42. The summed E-state index contributed by atoms with van der Waals surface area (Å²) in [5.74, 6) is 0.425. The van der Waals surface area contributed by atoms with Crippen LogP contribution in [0.25, 0.3) is 0 Å². The van der Waals surface area contributed by atoms with Crippen LogP contribution >= 0.6 is 0 Å². The molecule has 5 atom stereocenters. The van der Waals surface area contributed by atoms with Gasteiger partial charge in [0.25, 0.3) is 0 Å². The number of carbonyl (C=O) groups excluding carboxylic acids is 1. The molecule has 23 heavy (non-hydrogen) atoms. The minimum absolute atomic E-state index is 0.126. The van der Waals surface area contributed by atoms with E-state index in [0.29, 0.717) is 17.4 Å². The Morgan fingerprint density at radius 3 is 2.57 bits per heavy atom. The van der Waals surface area contributed by atoms with E-state index in [1.54, 1.807) is 0 Å². The Labute approximate surface area is 139 Å². The summed E-state index contributed by atoms with van der Waals surface area (Å²) < 4.78 is 11.3. The SMILES string of the molecule is CC1(C)CCC(NC2C(NC(=O)OC(C)(C)C)C3CCOC32)C1. The summed E-state index contributed by atoms with van der Waals surface area (Å²) in [6.07, 6.45) is 4.63. The molecule has 2 aliphatic carbocycles. The number of rotatable bonds is 3. The number of fused-ring (bicyclic) bond motifs is 1. The van der Waals surface area contributed by atoms with Gasteiger partial charge in [-0.3, -0.25) is 0 Å². The minimum atomic E-state index is -0.461. The van der Waals surface area contributed by atoms with Crippen LogP contribution in [0.4, 0.5) is 4.79 Å². The third-order valence-electron chi connectivity index (χ3n) is 5.47. The van der Waals surface area contributed by atoms with Gasteiger partial charge in [0.1, 0.15) is 5.60 Å². The average Bonchev–Trinajstić information content (AvgIpc) is 2.95. The quantitative estimate of drug-likeness (QED) is 0.838. The van der Waals surface area contributed by atoms with Crippen molar-refractivity contribution >= 4 is 6.09 Å². The van der Waals surface area contributed by atoms with E-state index in [9.17, 15) is 4.79 Å². The normalized spacial score (nSPS) is 38.7. The van der Waals surface area contributed by atoms with Crippen LogP contribution in [0.2, 0.25) is 0 Å².